The lowest BCUT2D eigenvalue weighted by molar-refractivity contribution is -0.153. The number of aliphatic carboxylic acids is 1. The molecule has 18 heavy (non-hydrogen) atoms. The molecular weight excluding hydrogens is 230 g/mol. The molecule has 1 unspecified atom stereocenters. The first-order chi connectivity index (χ1) is 8.50. The fourth-order valence-electron chi connectivity index (χ4n) is 2.61. The zero-order valence-corrected chi connectivity index (χ0v) is 11.5. The van der Waals surface area contributed by atoms with Crippen molar-refractivity contribution in [3.8, 4) is 0 Å². The quantitative estimate of drug-likeness (QED) is 0.742. The van der Waals surface area contributed by atoms with Crippen molar-refractivity contribution < 1.29 is 14.7 Å². The van der Waals surface area contributed by atoms with Crippen molar-refractivity contribution in [1.29, 1.82) is 0 Å². The highest BCUT2D eigenvalue weighted by Crippen LogP contribution is 2.38. The molecule has 2 N–H and O–H groups in total. The van der Waals surface area contributed by atoms with Crippen LogP contribution in [0, 0.1) is 5.41 Å². The minimum Gasteiger partial charge on any atom is -0.481 e. The van der Waals surface area contributed by atoms with Gasteiger partial charge in [0.2, 0.25) is 5.91 Å². The fraction of sp³-hybridized carbons (Fsp3) is 0.857. The van der Waals surface area contributed by atoms with Gasteiger partial charge in [-0.05, 0) is 26.2 Å². The van der Waals surface area contributed by atoms with Gasteiger partial charge in [0.1, 0.15) is 0 Å². The third-order valence-electron chi connectivity index (χ3n) is 4.03. The van der Waals surface area contributed by atoms with E-state index in [1.807, 2.05) is 13.8 Å². The Morgan fingerprint density at radius 1 is 1.22 bits per heavy atom. The molecule has 0 radical (unpaired) electrons. The number of carbonyl (C=O) groups excluding carboxylic acids is 1. The highest BCUT2D eigenvalue weighted by atomic mass is 16.4. The zero-order valence-electron chi connectivity index (χ0n) is 11.5. The molecule has 4 heteroatoms. The average Bonchev–Trinajstić information content (AvgIpc) is 2.55. The number of amides is 1. The summed E-state index contributed by atoms with van der Waals surface area (Å²) in [5, 5.41) is 12.3. The van der Waals surface area contributed by atoms with Crippen LogP contribution in [0.15, 0.2) is 0 Å². The van der Waals surface area contributed by atoms with Gasteiger partial charge in [0.05, 0.1) is 5.41 Å². The first-order valence-corrected chi connectivity index (χ1v) is 7.03. The first kappa shape index (κ1) is 15.0. The van der Waals surface area contributed by atoms with E-state index < -0.39 is 11.4 Å². The highest BCUT2D eigenvalue weighted by Gasteiger charge is 2.40. The molecule has 1 fully saturated rings. The van der Waals surface area contributed by atoms with Crippen molar-refractivity contribution in [3.05, 3.63) is 0 Å². The monoisotopic (exact) mass is 255 g/mol. The Morgan fingerprint density at radius 3 is 2.22 bits per heavy atom. The summed E-state index contributed by atoms with van der Waals surface area (Å²) in [7, 11) is 0. The van der Waals surface area contributed by atoms with Gasteiger partial charge in [-0.25, -0.2) is 0 Å². The summed E-state index contributed by atoms with van der Waals surface area (Å²) in [5.74, 6) is -0.919. The van der Waals surface area contributed by atoms with Crippen molar-refractivity contribution in [2.24, 2.45) is 5.41 Å². The predicted molar refractivity (Wildman–Crippen MR) is 70.3 cm³/mol. The summed E-state index contributed by atoms with van der Waals surface area (Å²) in [4.78, 5) is 23.5. The van der Waals surface area contributed by atoms with Crippen LogP contribution in [0.25, 0.3) is 0 Å². The second-order valence-electron chi connectivity index (χ2n) is 5.55. The Morgan fingerprint density at radius 2 is 1.78 bits per heavy atom. The summed E-state index contributed by atoms with van der Waals surface area (Å²) < 4.78 is 0. The van der Waals surface area contributed by atoms with Crippen LogP contribution in [0.2, 0.25) is 0 Å². The molecular formula is C14H25NO3. The maximum Gasteiger partial charge on any atom is 0.310 e. The van der Waals surface area contributed by atoms with E-state index in [1.165, 1.54) is 0 Å². The van der Waals surface area contributed by atoms with E-state index in [0.717, 1.165) is 32.1 Å². The van der Waals surface area contributed by atoms with Crippen LogP contribution >= 0.6 is 0 Å². The third kappa shape index (κ3) is 4.00. The molecule has 0 bridgehead atoms. The average molecular weight is 255 g/mol. The van der Waals surface area contributed by atoms with Crippen LogP contribution in [0.4, 0.5) is 0 Å². The lowest BCUT2D eigenvalue weighted by Crippen LogP contribution is -2.40. The molecule has 1 atom stereocenters. The van der Waals surface area contributed by atoms with E-state index in [9.17, 15) is 14.7 Å². The van der Waals surface area contributed by atoms with E-state index in [1.54, 1.807) is 0 Å². The lowest BCUT2D eigenvalue weighted by Gasteiger charge is -2.28. The molecule has 0 heterocycles. The number of carbonyl (C=O) groups is 2. The second kappa shape index (κ2) is 6.76. The number of rotatable bonds is 5. The molecule has 0 aromatic rings. The van der Waals surface area contributed by atoms with Crippen molar-refractivity contribution >= 4 is 11.9 Å². The number of hydrogen-bond donors (Lipinski definition) is 2. The van der Waals surface area contributed by atoms with Gasteiger partial charge in [-0.1, -0.05) is 32.6 Å². The molecule has 0 aromatic heterocycles. The molecule has 0 spiro atoms. The maximum atomic E-state index is 11.9. The summed E-state index contributed by atoms with van der Waals surface area (Å²) in [5.41, 5.74) is -0.825. The van der Waals surface area contributed by atoms with Crippen LogP contribution in [0.3, 0.4) is 0 Å². The third-order valence-corrected chi connectivity index (χ3v) is 4.03. The van der Waals surface area contributed by atoms with E-state index in [-0.39, 0.29) is 18.4 Å². The SMILES string of the molecule is CCC(C)NC(=O)CC1(C(=O)O)CCCCCC1. The smallest absolute Gasteiger partial charge is 0.310 e. The number of carboxylic acids is 1. The minimum atomic E-state index is -0.825. The Labute approximate surface area is 109 Å². The van der Waals surface area contributed by atoms with Crippen molar-refractivity contribution in [3.63, 3.8) is 0 Å². The van der Waals surface area contributed by atoms with Gasteiger partial charge in [0.25, 0.3) is 0 Å². The highest BCUT2D eigenvalue weighted by molar-refractivity contribution is 5.85. The molecule has 104 valence electrons. The Bertz CT molecular complexity index is 293. The number of nitrogens with one attached hydrogen (secondary N) is 1. The Balaban J connectivity index is 2.67. The fourth-order valence-corrected chi connectivity index (χ4v) is 2.61. The number of hydrogen-bond acceptors (Lipinski definition) is 2. The van der Waals surface area contributed by atoms with Crippen LogP contribution < -0.4 is 5.32 Å². The molecule has 1 saturated carbocycles. The Hall–Kier alpha value is -1.06. The van der Waals surface area contributed by atoms with Gasteiger partial charge in [-0.2, -0.15) is 0 Å². The van der Waals surface area contributed by atoms with Gasteiger partial charge in [0, 0.05) is 12.5 Å². The van der Waals surface area contributed by atoms with Gasteiger partial charge >= 0.3 is 5.97 Å². The van der Waals surface area contributed by atoms with Gasteiger partial charge in [0.15, 0.2) is 0 Å². The summed E-state index contributed by atoms with van der Waals surface area (Å²) in [6.45, 7) is 3.95. The normalized spacial score (nSPS) is 20.8. The predicted octanol–water partition coefficient (Wildman–Crippen LogP) is 2.72. The molecule has 0 saturated heterocycles. The van der Waals surface area contributed by atoms with Crippen LogP contribution in [-0.2, 0) is 9.59 Å². The maximum absolute atomic E-state index is 11.9. The second-order valence-corrected chi connectivity index (χ2v) is 5.55. The van der Waals surface area contributed by atoms with E-state index in [4.69, 9.17) is 0 Å². The van der Waals surface area contributed by atoms with Crippen molar-refractivity contribution in [2.45, 2.75) is 71.3 Å². The van der Waals surface area contributed by atoms with Crippen LogP contribution in [0.1, 0.15) is 65.2 Å². The van der Waals surface area contributed by atoms with Gasteiger partial charge < -0.3 is 10.4 Å². The number of carboxylic acid groups (broad SMARTS) is 1. The van der Waals surface area contributed by atoms with Gasteiger partial charge in [-0.15, -0.1) is 0 Å². The molecule has 4 nitrogen and oxygen atoms in total. The van der Waals surface area contributed by atoms with Crippen molar-refractivity contribution in [1.82, 2.24) is 5.32 Å². The molecule has 1 aliphatic carbocycles. The lowest BCUT2D eigenvalue weighted by atomic mass is 9.77. The molecule has 1 rings (SSSR count). The largest absolute Gasteiger partial charge is 0.481 e. The first-order valence-electron chi connectivity index (χ1n) is 7.03. The topological polar surface area (TPSA) is 66.4 Å². The molecule has 1 aliphatic rings. The van der Waals surface area contributed by atoms with E-state index >= 15 is 0 Å². The Kier molecular flexibility index (Phi) is 5.63. The summed E-state index contributed by atoms with van der Waals surface area (Å²) >= 11 is 0. The standard InChI is InChI=1S/C14H25NO3/c1-3-11(2)15-12(16)10-14(13(17)18)8-6-4-5-7-9-14/h11H,3-10H2,1-2H3,(H,15,16)(H,17,18). The van der Waals surface area contributed by atoms with E-state index in [0.29, 0.717) is 12.8 Å². The van der Waals surface area contributed by atoms with Crippen LogP contribution in [0.5, 0.6) is 0 Å². The summed E-state index contributed by atoms with van der Waals surface area (Å²) in [6, 6.07) is 0.120. The van der Waals surface area contributed by atoms with E-state index in [2.05, 4.69) is 5.32 Å². The van der Waals surface area contributed by atoms with Crippen LogP contribution in [-0.4, -0.2) is 23.0 Å². The molecule has 1 amide bonds. The van der Waals surface area contributed by atoms with Crippen molar-refractivity contribution in [2.75, 3.05) is 0 Å². The summed E-state index contributed by atoms with van der Waals surface area (Å²) in [6.07, 6.45) is 6.28. The molecule has 0 aliphatic heterocycles. The zero-order chi connectivity index (χ0) is 13.6. The van der Waals surface area contributed by atoms with Gasteiger partial charge in [-0.3, -0.25) is 9.59 Å². The molecule has 0 aromatic carbocycles. The minimum absolute atomic E-state index is 0.117.